The summed E-state index contributed by atoms with van der Waals surface area (Å²) in [5.41, 5.74) is 0. The first kappa shape index (κ1) is 88.1. The van der Waals surface area contributed by atoms with Gasteiger partial charge in [-0.1, -0.05) is 305 Å². The summed E-state index contributed by atoms with van der Waals surface area (Å²) >= 11 is 0. The lowest BCUT2D eigenvalue weighted by molar-refractivity contribution is -0.161. The van der Waals surface area contributed by atoms with Gasteiger partial charge in [-0.2, -0.15) is 0 Å². The minimum Gasteiger partial charge on any atom is -0.462 e. The zero-order valence-electron chi connectivity index (χ0n) is 58.6. The molecule has 17 nitrogen and oxygen atoms in total. The molecule has 0 aliphatic carbocycles. The number of carbonyl (C=O) groups excluding carboxylic acids is 4. The van der Waals surface area contributed by atoms with Crippen LogP contribution < -0.4 is 0 Å². The molecule has 3 N–H and O–H groups in total. The second-order valence-corrected chi connectivity index (χ2v) is 29.7. The maximum atomic E-state index is 13.0. The van der Waals surface area contributed by atoms with Crippen molar-refractivity contribution in [3.63, 3.8) is 0 Å². The number of aliphatic hydroxyl groups excluding tert-OH is 1. The molecule has 0 aliphatic heterocycles. The summed E-state index contributed by atoms with van der Waals surface area (Å²) in [5.74, 6) is 0.133. The van der Waals surface area contributed by atoms with Crippen LogP contribution in [0.1, 0.15) is 357 Å². The van der Waals surface area contributed by atoms with E-state index in [9.17, 15) is 43.2 Å². The molecule has 0 heterocycles. The Morgan fingerprint density at radius 2 is 0.567 bits per heavy atom. The first-order valence-corrected chi connectivity index (χ1v) is 39.9. The van der Waals surface area contributed by atoms with Crippen LogP contribution in [0.5, 0.6) is 0 Å². The molecule has 0 aromatic rings. The molecule has 3 unspecified atom stereocenters. The zero-order chi connectivity index (χ0) is 66.6. The van der Waals surface area contributed by atoms with Crippen LogP contribution in [-0.2, 0) is 65.4 Å². The van der Waals surface area contributed by atoms with E-state index in [1.807, 2.05) is 0 Å². The molecule has 0 aromatic carbocycles. The average Bonchev–Trinajstić information content (AvgIpc) is 2.76. The van der Waals surface area contributed by atoms with E-state index in [1.54, 1.807) is 0 Å². The predicted molar refractivity (Wildman–Crippen MR) is 363 cm³/mol. The number of hydrogen-bond acceptors (Lipinski definition) is 15. The lowest BCUT2D eigenvalue weighted by Crippen LogP contribution is -2.30. The summed E-state index contributed by atoms with van der Waals surface area (Å²) in [6.07, 6.45) is 46.2. The normalized spacial score (nSPS) is 14.5. The van der Waals surface area contributed by atoms with Crippen molar-refractivity contribution >= 4 is 39.5 Å². The number of carbonyl (C=O) groups is 4. The number of ether oxygens (including phenoxy) is 4. The Kier molecular flexibility index (Phi) is 60.6. The SMILES string of the molecule is CCCCCCCCCCC(=O)OC[C@H](COP(=O)(O)OC[C@H](O)COP(=O)(O)OC[C@@H](COC(=O)CCCCCCCCCCC(C)C)OC(=O)CCCCCCCCCCCCCCCCCCCCC(C)CC)OC(=O)CCCCCCCCC(C)C. The van der Waals surface area contributed by atoms with Gasteiger partial charge in [0, 0.05) is 25.7 Å². The molecule has 0 rings (SSSR count). The molecule has 0 aliphatic rings. The fourth-order valence-corrected chi connectivity index (χ4v) is 12.3. The molecule has 534 valence electrons. The third-order valence-corrected chi connectivity index (χ3v) is 18.6. The Morgan fingerprint density at radius 3 is 0.844 bits per heavy atom. The van der Waals surface area contributed by atoms with Crippen LogP contribution >= 0.6 is 15.6 Å². The van der Waals surface area contributed by atoms with E-state index in [2.05, 4.69) is 48.5 Å². The monoisotopic (exact) mass is 1320 g/mol. The van der Waals surface area contributed by atoms with Gasteiger partial charge in [-0.05, 0) is 43.4 Å². The number of phosphoric ester groups is 2. The van der Waals surface area contributed by atoms with E-state index in [-0.39, 0.29) is 25.7 Å². The zero-order valence-corrected chi connectivity index (χ0v) is 60.4. The fourth-order valence-electron chi connectivity index (χ4n) is 10.7. The first-order chi connectivity index (χ1) is 43.3. The van der Waals surface area contributed by atoms with Gasteiger partial charge in [-0.25, -0.2) is 9.13 Å². The van der Waals surface area contributed by atoms with Gasteiger partial charge in [0.1, 0.15) is 19.3 Å². The molecule has 6 atom stereocenters. The average molecular weight is 1330 g/mol. The molecule has 0 spiro atoms. The molecule has 19 heteroatoms. The maximum absolute atomic E-state index is 13.0. The lowest BCUT2D eigenvalue weighted by atomic mass is 9.99. The van der Waals surface area contributed by atoms with Crippen molar-refractivity contribution in [2.45, 2.75) is 375 Å². The number of phosphoric acid groups is 2. The highest BCUT2D eigenvalue weighted by Crippen LogP contribution is 2.45. The second kappa shape index (κ2) is 61.9. The fraction of sp³-hybridized carbons (Fsp3) is 0.944. The van der Waals surface area contributed by atoms with Crippen molar-refractivity contribution < 1.29 is 80.2 Å². The molecular weight excluding hydrogens is 1190 g/mol. The minimum absolute atomic E-state index is 0.102. The standard InChI is InChI=1S/C71H138O17P2/c1-8-10-11-12-13-30-38-45-52-68(73)81-59-67(88-71(76)55-48-41-34-33-36-43-50-63(5)6)61-86-90(79,80)84-57-65(72)56-83-89(77,78)85-60-66(58-82-69(74)53-46-39-31-27-26-28-35-42-49-62(3)4)87-70(75)54-47-40-32-25-23-21-19-17-15-14-16-18-20-22-24-29-37-44-51-64(7)9-2/h62-67,72H,8-61H2,1-7H3,(H,77,78)(H,79,80)/t64?,65-,66-,67-/m1/s1. The number of hydrogen-bond donors (Lipinski definition) is 3. The van der Waals surface area contributed by atoms with Crippen LogP contribution in [0.15, 0.2) is 0 Å². The van der Waals surface area contributed by atoms with Crippen molar-refractivity contribution in [3.8, 4) is 0 Å². The van der Waals surface area contributed by atoms with E-state index in [1.165, 1.54) is 161 Å². The van der Waals surface area contributed by atoms with Gasteiger partial charge in [0.05, 0.1) is 26.4 Å². The van der Waals surface area contributed by atoms with Crippen molar-refractivity contribution in [3.05, 3.63) is 0 Å². The largest absolute Gasteiger partial charge is 0.472 e. The van der Waals surface area contributed by atoms with Crippen molar-refractivity contribution in [1.29, 1.82) is 0 Å². The molecular formula is C71H138O17P2. The van der Waals surface area contributed by atoms with Gasteiger partial charge in [-0.3, -0.25) is 37.3 Å². The highest BCUT2D eigenvalue weighted by atomic mass is 31.2. The van der Waals surface area contributed by atoms with Gasteiger partial charge >= 0.3 is 39.5 Å². The van der Waals surface area contributed by atoms with Gasteiger partial charge < -0.3 is 33.8 Å². The van der Waals surface area contributed by atoms with E-state index in [0.29, 0.717) is 31.6 Å². The third kappa shape index (κ3) is 63.5. The Balaban J connectivity index is 5.12. The Bertz CT molecular complexity index is 1770. The maximum Gasteiger partial charge on any atom is 0.472 e. The summed E-state index contributed by atoms with van der Waals surface area (Å²) in [4.78, 5) is 72.4. The Morgan fingerprint density at radius 1 is 0.322 bits per heavy atom. The smallest absolute Gasteiger partial charge is 0.462 e. The van der Waals surface area contributed by atoms with E-state index < -0.39 is 97.5 Å². The van der Waals surface area contributed by atoms with Crippen LogP contribution in [-0.4, -0.2) is 96.7 Å². The molecule has 0 radical (unpaired) electrons. The lowest BCUT2D eigenvalue weighted by Gasteiger charge is -2.21. The van der Waals surface area contributed by atoms with Crippen LogP contribution in [0, 0.1) is 17.8 Å². The summed E-state index contributed by atoms with van der Waals surface area (Å²) < 4.78 is 68.1. The summed E-state index contributed by atoms with van der Waals surface area (Å²) in [6, 6.07) is 0. The van der Waals surface area contributed by atoms with E-state index in [4.69, 9.17) is 37.0 Å². The van der Waals surface area contributed by atoms with E-state index >= 15 is 0 Å². The summed E-state index contributed by atoms with van der Waals surface area (Å²) in [5, 5.41) is 10.6. The molecule has 0 amide bonds. The molecule has 0 fully saturated rings. The highest BCUT2D eigenvalue weighted by molar-refractivity contribution is 7.47. The van der Waals surface area contributed by atoms with Gasteiger partial charge in [0.2, 0.25) is 0 Å². The number of esters is 4. The molecule has 0 bridgehead atoms. The number of rotatable bonds is 69. The van der Waals surface area contributed by atoms with Gasteiger partial charge in [0.15, 0.2) is 12.2 Å². The first-order valence-electron chi connectivity index (χ1n) is 36.9. The highest BCUT2D eigenvalue weighted by Gasteiger charge is 2.30. The minimum atomic E-state index is -4.95. The predicted octanol–water partition coefficient (Wildman–Crippen LogP) is 20.2. The van der Waals surface area contributed by atoms with E-state index in [0.717, 1.165) is 108 Å². The van der Waals surface area contributed by atoms with Crippen LogP contribution in [0.3, 0.4) is 0 Å². The molecule has 0 saturated heterocycles. The molecule has 0 saturated carbocycles. The van der Waals surface area contributed by atoms with Gasteiger partial charge in [0.25, 0.3) is 0 Å². The van der Waals surface area contributed by atoms with Crippen molar-refractivity contribution in [1.82, 2.24) is 0 Å². The molecule has 90 heavy (non-hydrogen) atoms. The van der Waals surface area contributed by atoms with Gasteiger partial charge in [-0.15, -0.1) is 0 Å². The van der Waals surface area contributed by atoms with Crippen LogP contribution in [0.2, 0.25) is 0 Å². The Hall–Kier alpha value is -1.94. The number of aliphatic hydroxyl groups is 1. The van der Waals surface area contributed by atoms with Crippen molar-refractivity contribution in [2.24, 2.45) is 17.8 Å². The summed E-state index contributed by atoms with van der Waals surface area (Å²) in [7, 11) is -9.89. The summed E-state index contributed by atoms with van der Waals surface area (Å²) in [6.45, 7) is 11.8. The van der Waals surface area contributed by atoms with Crippen molar-refractivity contribution in [2.75, 3.05) is 39.6 Å². The van der Waals surface area contributed by atoms with Crippen LogP contribution in [0.25, 0.3) is 0 Å². The third-order valence-electron chi connectivity index (χ3n) is 16.7. The quantitative estimate of drug-likeness (QED) is 0.0222. The topological polar surface area (TPSA) is 237 Å². The number of unbranched alkanes of at least 4 members (excludes halogenated alkanes) is 36. The van der Waals surface area contributed by atoms with Crippen LogP contribution in [0.4, 0.5) is 0 Å². The second-order valence-electron chi connectivity index (χ2n) is 26.8. The molecule has 0 aromatic heterocycles. The Labute approximate surface area is 549 Å².